The molecule has 3 N–H and O–H groups in total. The van der Waals surface area contributed by atoms with E-state index in [-0.39, 0.29) is 24.1 Å². The molecule has 3 amide bonds. The Hall–Kier alpha value is -2.90. The molecule has 3 rings (SSSR count). The number of carbonyl (C=O) groups excluding carboxylic acids is 3. The van der Waals surface area contributed by atoms with E-state index in [1.54, 1.807) is 24.3 Å². The quantitative estimate of drug-likeness (QED) is 0.759. The second-order valence-electron chi connectivity index (χ2n) is 6.52. The zero-order valence-electron chi connectivity index (χ0n) is 14.7. The van der Waals surface area contributed by atoms with Crippen molar-refractivity contribution >= 4 is 35.1 Å². The highest BCUT2D eigenvalue weighted by Gasteiger charge is 2.29. The van der Waals surface area contributed by atoms with E-state index < -0.39 is 6.04 Å². The van der Waals surface area contributed by atoms with Crippen molar-refractivity contribution in [2.75, 3.05) is 23.7 Å². The summed E-state index contributed by atoms with van der Waals surface area (Å²) in [6, 6.07) is 6.05. The van der Waals surface area contributed by atoms with E-state index in [4.69, 9.17) is 0 Å². The number of nitrogens with zero attached hydrogens (tertiary/aromatic N) is 2. The number of benzene rings is 1. The topological polar surface area (TPSA) is 103 Å². The zero-order valence-corrected chi connectivity index (χ0v) is 14.7. The fraction of sp³-hybridized carbons (Fsp3) is 0.444. The summed E-state index contributed by atoms with van der Waals surface area (Å²) in [5.74, 6) is -0.167. The van der Waals surface area contributed by atoms with Gasteiger partial charge in [0.1, 0.15) is 6.04 Å². The van der Waals surface area contributed by atoms with Gasteiger partial charge in [0.25, 0.3) is 0 Å². The van der Waals surface area contributed by atoms with E-state index in [9.17, 15) is 14.4 Å². The molecule has 2 aliphatic rings. The Morgan fingerprint density at radius 1 is 1.08 bits per heavy atom. The van der Waals surface area contributed by atoms with Crippen LogP contribution in [0.25, 0.3) is 0 Å². The van der Waals surface area contributed by atoms with Gasteiger partial charge in [-0.2, -0.15) is 0 Å². The van der Waals surface area contributed by atoms with Gasteiger partial charge in [0, 0.05) is 31.4 Å². The number of carbonyl (C=O) groups is 3. The van der Waals surface area contributed by atoms with Crippen LogP contribution < -0.4 is 16.0 Å². The zero-order chi connectivity index (χ0) is 18.5. The lowest BCUT2D eigenvalue weighted by Gasteiger charge is -2.32. The van der Waals surface area contributed by atoms with Gasteiger partial charge < -0.3 is 15.5 Å². The molecule has 2 aliphatic heterocycles. The Morgan fingerprint density at radius 3 is 2.31 bits per heavy atom. The van der Waals surface area contributed by atoms with Crippen molar-refractivity contribution in [3.63, 3.8) is 0 Å². The molecule has 0 saturated carbocycles. The number of hydrogen-bond donors (Lipinski definition) is 3. The van der Waals surface area contributed by atoms with Gasteiger partial charge in [-0.15, -0.1) is 0 Å². The van der Waals surface area contributed by atoms with Crippen molar-refractivity contribution in [2.45, 2.75) is 38.6 Å². The van der Waals surface area contributed by atoms with Gasteiger partial charge in [-0.25, -0.2) is 4.99 Å². The third-order valence-corrected chi connectivity index (χ3v) is 4.34. The van der Waals surface area contributed by atoms with Crippen LogP contribution in [0.1, 0.15) is 32.6 Å². The highest BCUT2D eigenvalue weighted by atomic mass is 16.2. The van der Waals surface area contributed by atoms with Gasteiger partial charge in [-0.05, 0) is 43.5 Å². The van der Waals surface area contributed by atoms with Crippen LogP contribution in [0.5, 0.6) is 0 Å². The maximum atomic E-state index is 12.5. The number of piperidine rings is 1. The molecule has 0 aliphatic carbocycles. The summed E-state index contributed by atoms with van der Waals surface area (Å²) >= 11 is 0. The second kappa shape index (κ2) is 7.99. The van der Waals surface area contributed by atoms with Crippen molar-refractivity contribution in [1.82, 2.24) is 10.2 Å². The summed E-state index contributed by atoms with van der Waals surface area (Å²) in [5.41, 5.74) is 1.24. The van der Waals surface area contributed by atoms with Gasteiger partial charge >= 0.3 is 0 Å². The molecular formula is C18H23N5O3. The molecule has 1 unspecified atom stereocenters. The highest BCUT2D eigenvalue weighted by molar-refractivity contribution is 6.06. The Morgan fingerprint density at radius 2 is 1.69 bits per heavy atom. The summed E-state index contributed by atoms with van der Waals surface area (Å²) in [6.45, 7) is 3.12. The first kappa shape index (κ1) is 17.9. The predicted molar refractivity (Wildman–Crippen MR) is 98.8 cm³/mol. The Bertz CT molecular complexity index is 723. The van der Waals surface area contributed by atoms with Gasteiger partial charge in [0.2, 0.25) is 23.7 Å². The van der Waals surface area contributed by atoms with E-state index >= 15 is 0 Å². The minimum Gasteiger partial charge on any atom is -0.343 e. The Labute approximate surface area is 152 Å². The summed E-state index contributed by atoms with van der Waals surface area (Å²) in [5, 5.41) is 8.22. The van der Waals surface area contributed by atoms with Crippen LogP contribution in [0.3, 0.4) is 0 Å². The van der Waals surface area contributed by atoms with Crippen molar-refractivity contribution in [3.05, 3.63) is 24.3 Å². The average molecular weight is 357 g/mol. The normalized spacial score (nSPS) is 20.0. The van der Waals surface area contributed by atoms with Crippen molar-refractivity contribution < 1.29 is 14.4 Å². The predicted octanol–water partition coefficient (Wildman–Crippen LogP) is 1.31. The molecule has 0 bridgehead atoms. The number of rotatable bonds is 3. The lowest BCUT2D eigenvalue weighted by Crippen LogP contribution is -2.51. The molecule has 0 aromatic heterocycles. The van der Waals surface area contributed by atoms with Crippen molar-refractivity contribution in [3.8, 4) is 0 Å². The fourth-order valence-corrected chi connectivity index (χ4v) is 3.06. The van der Waals surface area contributed by atoms with Crippen LogP contribution in [0.2, 0.25) is 0 Å². The summed E-state index contributed by atoms with van der Waals surface area (Å²) in [7, 11) is 0. The molecular weight excluding hydrogens is 334 g/mol. The molecule has 1 aromatic carbocycles. The van der Waals surface area contributed by atoms with Crippen LogP contribution in [-0.2, 0) is 14.4 Å². The minimum absolute atomic E-state index is 0.0349. The average Bonchev–Trinajstić information content (AvgIpc) is 2.63. The van der Waals surface area contributed by atoms with Gasteiger partial charge in [-0.3, -0.25) is 19.7 Å². The summed E-state index contributed by atoms with van der Waals surface area (Å²) in [6.07, 6.45) is 3.34. The van der Waals surface area contributed by atoms with Crippen LogP contribution in [0.4, 0.5) is 11.4 Å². The number of likely N-dealkylation sites (tertiary alicyclic amines) is 1. The monoisotopic (exact) mass is 357 g/mol. The van der Waals surface area contributed by atoms with Crippen LogP contribution in [-0.4, -0.2) is 47.7 Å². The maximum Gasteiger partial charge on any atom is 0.249 e. The SMILES string of the molecule is CC(=O)Nc1ccc(NC(=O)C2CC(=O)NC(N3CCCCC3)=N2)cc1. The number of amides is 3. The molecule has 138 valence electrons. The Balaban J connectivity index is 1.66. The number of anilines is 2. The molecule has 1 fully saturated rings. The van der Waals surface area contributed by atoms with Crippen LogP contribution >= 0.6 is 0 Å². The molecule has 0 spiro atoms. The lowest BCUT2D eigenvalue weighted by molar-refractivity contribution is -0.125. The van der Waals surface area contributed by atoms with Crippen molar-refractivity contribution in [1.29, 1.82) is 0 Å². The van der Waals surface area contributed by atoms with E-state index in [0.717, 1.165) is 25.9 Å². The van der Waals surface area contributed by atoms with Crippen LogP contribution in [0, 0.1) is 0 Å². The first-order chi connectivity index (χ1) is 12.5. The highest BCUT2D eigenvalue weighted by Crippen LogP contribution is 2.16. The first-order valence-electron chi connectivity index (χ1n) is 8.82. The number of hydrogen-bond acceptors (Lipinski definition) is 5. The third-order valence-electron chi connectivity index (χ3n) is 4.34. The maximum absolute atomic E-state index is 12.5. The summed E-state index contributed by atoms with van der Waals surface area (Å²) < 4.78 is 0. The van der Waals surface area contributed by atoms with Gasteiger partial charge in [0.15, 0.2) is 0 Å². The molecule has 26 heavy (non-hydrogen) atoms. The first-order valence-corrected chi connectivity index (χ1v) is 8.82. The largest absolute Gasteiger partial charge is 0.343 e. The van der Waals surface area contributed by atoms with Crippen molar-refractivity contribution in [2.24, 2.45) is 4.99 Å². The molecule has 1 saturated heterocycles. The smallest absolute Gasteiger partial charge is 0.249 e. The number of nitrogens with one attached hydrogen (secondary N) is 3. The van der Waals surface area contributed by atoms with Gasteiger partial charge in [-0.1, -0.05) is 0 Å². The Kier molecular flexibility index (Phi) is 5.50. The van der Waals surface area contributed by atoms with E-state index in [1.165, 1.54) is 13.3 Å². The number of aliphatic imine (C=N–C) groups is 1. The van der Waals surface area contributed by atoms with Crippen LogP contribution in [0.15, 0.2) is 29.3 Å². The fourth-order valence-electron chi connectivity index (χ4n) is 3.06. The standard InChI is InChI=1S/C18H23N5O3/c1-12(24)19-13-5-7-14(8-6-13)20-17(26)15-11-16(25)22-18(21-15)23-9-3-2-4-10-23/h5-8,15H,2-4,9-11H2,1H3,(H,19,24)(H,20,26)(H,21,22,25). The lowest BCUT2D eigenvalue weighted by atomic mass is 10.1. The van der Waals surface area contributed by atoms with E-state index in [1.807, 2.05) is 4.90 Å². The second-order valence-corrected chi connectivity index (χ2v) is 6.52. The van der Waals surface area contributed by atoms with E-state index in [2.05, 4.69) is 20.9 Å². The minimum atomic E-state index is -0.740. The molecule has 1 aromatic rings. The third kappa shape index (κ3) is 4.59. The molecule has 0 radical (unpaired) electrons. The molecule has 2 heterocycles. The molecule has 8 heteroatoms. The molecule has 1 atom stereocenters. The van der Waals surface area contributed by atoms with Gasteiger partial charge in [0.05, 0.1) is 6.42 Å². The molecule has 8 nitrogen and oxygen atoms in total. The van der Waals surface area contributed by atoms with E-state index in [0.29, 0.717) is 17.3 Å². The number of guanidine groups is 1. The summed E-state index contributed by atoms with van der Waals surface area (Å²) in [4.78, 5) is 42.0.